The lowest BCUT2D eigenvalue weighted by Gasteiger charge is -2.42. The Morgan fingerprint density at radius 3 is 2.57 bits per heavy atom. The highest BCUT2D eigenvalue weighted by molar-refractivity contribution is 5.89. The molecule has 0 spiro atoms. The van der Waals surface area contributed by atoms with Gasteiger partial charge in [0, 0.05) is 23.8 Å². The average molecular weight is 327 g/mol. The zero-order valence-electron chi connectivity index (χ0n) is 12.7. The molecule has 1 saturated carbocycles. The number of benzene rings is 1. The van der Waals surface area contributed by atoms with E-state index in [1.54, 1.807) is 0 Å². The molecule has 1 aliphatic rings. The van der Waals surface area contributed by atoms with Gasteiger partial charge in [-0.2, -0.15) is 0 Å². The van der Waals surface area contributed by atoms with Crippen molar-refractivity contribution in [2.45, 2.75) is 31.8 Å². The summed E-state index contributed by atoms with van der Waals surface area (Å²) in [6, 6.07) is 2.69. The number of carbonyl (C=O) groups is 2. The molecule has 0 unspecified atom stereocenters. The Balaban J connectivity index is 1.77. The second kappa shape index (κ2) is 7.36. The van der Waals surface area contributed by atoms with E-state index in [0.717, 1.165) is 12.1 Å². The third kappa shape index (κ3) is 4.62. The van der Waals surface area contributed by atoms with Gasteiger partial charge in [0.1, 0.15) is 0 Å². The molecule has 1 fully saturated rings. The summed E-state index contributed by atoms with van der Waals surface area (Å²) >= 11 is 0. The molecule has 8 heteroatoms. The van der Waals surface area contributed by atoms with Gasteiger partial charge in [-0.3, -0.25) is 9.69 Å². The maximum Gasteiger partial charge on any atom is 0.319 e. The largest absolute Gasteiger partial charge is 0.480 e. The average Bonchev–Trinajstić information content (AvgIpc) is 2.44. The number of rotatable bonds is 6. The molecular formula is C15H19F2N3O3. The number of hydrogen-bond donors (Lipinski definition) is 3. The van der Waals surface area contributed by atoms with Gasteiger partial charge >= 0.3 is 12.0 Å². The lowest BCUT2D eigenvalue weighted by Crippen LogP contribution is -2.55. The molecule has 3 N–H and O–H groups in total. The van der Waals surface area contributed by atoms with E-state index < -0.39 is 23.6 Å². The molecule has 2 amide bonds. The van der Waals surface area contributed by atoms with Crippen LogP contribution in [-0.4, -0.2) is 47.2 Å². The molecule has 1 aliphatic carbocycles. The van der Waals surface area contributed by atoms with Gasteiger partial charge in [-0.25, -0.2) is 13.6 Å². The third-order valence-electron chi connectivity index (χ3n) is 3.89. The first-order valence-corrected chi connectivity index (χ1v) is 7.37. The fourth-order valence-electron chi connectivity index (χ4n) is 2.60. The molecule has 126 valence electrons. The minimum Gasteiger partial charge on any atom is -0.480 e. The zero-order chi connectivity index (χ0) is 17.0. The normalized spacial score (nSPS) is 20.0. The topological polar surface area (TPSA) is 81.7 Å². The number of anilines is 1. The first-order valence-electron chi connectivity index (χ1n) is 7.37. The monoisotopic (exact) mass is 327 g/mol. The van der Waals surface area contributed by atoms with Crippen molar-refractivity contribution in [2.75, 3.05) is 18.4 Å². The van der Waals surface area contributed by atoms with Crippen molar-refractivity contribution in [3.63, 3.8) is 0 Å². The summed E-state index contributed by atoms with van der Waals surface area (Å²) in [5.74, 6) is -2.88. The van der Waals surface area contributed by atoms with Crippen molar-refractivity contribution >= 4 is 17.7 Å². The number of nitrogens with zero attached hydrogens (tertiary/aromatic N) is 1. The molecule has 0 atom stereocenters. The third-order valence-corrected chi connectivity index (χ3v) is 3.89. The fourth-order valence-corrected chi connectivity index (χ4v) is 2.60. The Kier molecular flexibility index (Phi) is 5.49. The summed E-state index contributed by atoms with van der Waals surface area (Å²) < 4.78 is 25.9. The summed E-state index contributed by atoms with van der Waals surface area (Å²) in [5, 5.41) is 14.0. The molecule has 1 aromatic rings. The quantitative estimate of drug-likeness (QED) is 0.747. The van der Waals surface area contributed by atoms with Crippen molar-refractivity contribution in [1.29, 1.82) is 0 Å². The van der Waals surface area contributed by atoms with Crippen LogP contribution in [0.25, 0.3) is 0 Å². The van der Waals surface area contributed by atoms with E-state index in [2.05, 4.69) is 10.6 Å². The van der Waals surface area contributed by atoms with Crippen LogP contribution in [0.5, 0.6) is 0 Å². The maximum absolute atomic E-state index is 13.1. The minimum atomic E-state index is -1.03. The number of hydrogen-bond acceptors (Lipinski definition) is 3. The molecule has 6 nitrogen and oxygen atoms in total. The van der Waals surface area contributed by atoms with E-state index in [-0.39, 0.29) is 24.3 Å². The van der Waals surface area contributed by atoms with Crippen LogP contribution in [0.3, 0.4) is 0 Å². The van der Waals surface area contributed by atoms with Crippen LogP contribution in [0, 0.1) is 11.6 Å². The first kappa shape index (κ1) is 17.1. The van der Waals surface area contributed by atoms with Crippen LogP contribution in [0.15, 0.2) is 18.2 Å². The maximum atomic E-state index is 13.1. The lowest BCUT2D eigenvalue weighted by atomic mass is 9.85. The second-order valence-corrected chi connectivity index (χ2v) is 5.51. The molecule has 0 aliphatic heterocycles. The van der Waals surface area contributed by atoms with Gasteiger partial charge in [-0.05, 0) is 31.5 Å². The summed E-state index contributed by atoms with van der Waals surface area (Å²) in [6.45, 7) is 2.50. The number of halogens is 2. The van der Waals surface area contributed by atoms with Gasteiger partial charge < -0.3 is 15.7 Å². The molecule has 23 heavy (non-hydrogen) atoms. The SMILES string of the molecule is CCN(CC(=O)O)C1CC(NC(=O)Nc2ccc(F)c(F)c2)C1. The van der Waals surface area contributed by atoms with E-state index in [1.165, 1.54) is 6.07 Å². The molecule has 0 aromatic heterocycles. The number of carboxylic acid groups (broad SMARTS) is 1. The van der Waals surface area contributed by atoms with Gasteiger partial charge in [0.2, 0.25) is 0 Å². The Hall–Kier alpha value is -2.22. The second-order valence-electron chi connectivity index (χ2n) is 5.51. The van der Waals surface area contributed by atoms with Crippen LogP contribution in [-0.2, 0) is 4.79 Å². The zero-order valence-corrected chi connectivity index (χ0v) is 12.7. The summed E-state index contributed by atoms with van der Waals surface area (Å²) in [5.41, 5.74) is 0.165. The molecule has 0 heterocycles. The van der Waals surface area contributed by atoms with Crippen molar-refractivity contribution in [3.05, 3.63) is 29.8 Å². The number of carbonyl (C=O) groups excluding carboxylic acids is 1. The number of amides is 2. The first-order chi connectivity index (χ1) is 10.9. The van der Waals surface area contributed by atoms with E-state index in [4.69, 9.17) is 5.11 Å². The Morgan fingerprint density at radius 1 is 1.30 bits per heavy atom. The highest BCUT2D eigenvalue weighted by Crippen LogP contribution is 2.25. The summed E-state index contributed by atoms with van der Waals surface area (Å²) in [6.07, 6.45) is 1.32. The Morgan fingerprint density at radius 2 is 2.00 bits per heavy atom. The number of nitrogens with one attached hydrogen (secondary N) is 2. The molecule has 0 saturated heterocycles. The van der Waals surface area contributed by atoms with E-state index >= 15 is 0 Å². The van der Waals surface area contributed by atoms with Crippen molar-refractivity contribution < 1.29 is 23.5 Å². The van der Waals surface area contributed by atoms with Gasteiger partial charge in [0.15, 0.2) is 11.6 Å². The van der Waals surface area contributed by atoms with E-state index in [0.29, 0.717) is 19.4 Å². The number of carboxylic acids is 1. The molecular weight excluding hydrogens is 308 g/mol. The van der Waals surface area contributed by atoms with Crippen LogP contribution >= 0.6 is 0 Å². The summed E-state index contributed by atoms with van der Waals surface area (Å²) in [7, 11) is 0. The predicted molar refractivity (Wildman–Crippen MR) is 80.2 cm³/mol. The standard InChI is InChI=1S/C15H19F2N3O3/c1-2-20(8-14(21)22)11-5-10(6-11)19-15(23)18-9-3-4-12(16)13(17)7-9/h3-4,7,10-11H,2,5-6,8H2,1H3,(H,21,22)(H2,18,19,23). The molecule has 2 rings (SSSR count). The van der Waals surface area contributed by atoms with Gasteiger partial charge in [0.05, 0.1) is 6.54 Å². The predicted octanol–water partition coefficient (Wildman–Crippen LogP) is 2.02. The van der Waals surface area contributed by atoms with Gasteiger partial charge in [-0.1, -0.05) is 6.92 Å². The van der Waals surface area contributed by atoms with Crippen LogP contribution in [0.4, 0.5) is 19.3 Å². The molecule has 0 bridgehead atoms. The lowest BCUT2D eigenvalue weighted by molar-refractivity contribution is -0.139. The van der Waals surface area contributed by atoms with Crippen LogP contribution in [0.2, 0.25) is 0 Å². The Labute approximate surface area is 132 Å². The Bertz CT molecular complexity index is 591. The van der Waals surface area contributed by atoms with Crippen LogP contribution < -0.4 is 10.6 Å². The minimum absolute atomic E-state index is 0.0189. The fraction of sp³-hybridized carbons (Fsp3) is 0.467. The number of aliphatic carboxylic acids is 1. The summed E-state index contributed by atoms with van der Waals surface area (Å²) in [4.78, 5) is 24.4. The smallest absolute Gasteiger partial charge is 0.319 e. The van der Waals surface area contributed by atoms with Crippen molar-refractivity contribution in [3.8, 4) is 0 Å². The van der Waals surface area contributed by atoms with Crippen molar-refractivity contribution in [1.82, 2.24) is 10.2 Å². The highest BCUT2D eigenvalue weighted by Gasteiger charge is 2.34. The van der Waals surface area contributed by atoms with Gasteiger partial charge in [-0.15, -0.1) is 0 Å². The molecule has 0 radical (unpaired) electrons. The number of likely N-dealkylation sites (N-methyl/N-ethyl adjacent to an activating group) is 1. The number of urea groups is 1. The van der Waals surface area contributed by atoms with Crippen molar-refractivity contribution in [2.24, 2.45) is 0 Å². The molecule has 1 aromatic carbocycles. The highest BCUT2D eigenvalue weighted by atomic mass is 19.2. The van der Waals surface area contributed by atoms with E-state index in [9.17, 15) is 18.4 Å². The van der Waals surface area contributed by atoms with Crippen LogP contribution in [0.1, 0.15) is 19.8 Å². The van der Waals surface area contributed by atoms with Gasteiger partial charge in [0.25, 0.3) is 0 Å². The van der Waals surface area contributed by atoms with E-state index in [1.807, 2.05) is 11.8 Å².